The van der Waals surface area contributed by atoms with Crippen LogP contribution in [-0.2, 0) is 9.53 Å². The lowest BCUT2D eigenvalue weighted by Crippen LogP contribution is -2.53. The van der Waals surface area contributed by atoms with Gasteiger partial charge in [0.25, 0.3) is 5.91 Å². The number of benzene rings is 1. The highest BCUT2D eigenvalue weighted by molar-refractivity contribution is 5.95. The fraction of sp³-hybridized carbons (Fsp3) is 0.636. The first-order valence-corrected chi connectivity index (χ1v) is 10.4. The van der Waals surface area contributed by atoms with Gasteiger partial charge in [-0.25, -0.2) is 0 Å². The zero-order valence-corrected chi connectivity index (χ0v) is 18.2. The lowest BCUT2D eigenvalue weighted by atomic mass is 9.74. The molecular weight excluding hydrogens is 388 g/mol. The van der Waals surface area contributed by atoms with E-state index in [-0.39, 0.29) is 29.9 Å². The van der Waals surface area contributed by atoms with Gasteiger partial charge in [-0.2, -0.15) is 0 Å². The molecule has 0 spiro atoms. The SMILES string of the molecule is COc1cc(C(=O)NCCC2CC3CCC(OC)CC3NC2=O)cc(OC)c1OC. The minimum Gasteiger partial charge on any atom is -0.493 e. The molecule has 2 N–H and O–H groups in total. The molecule has 1 aromatic rings. The van der Waals surface area contributed by atoms with Crippen LogP contribution in [-0.4, -0.2) is 58.9 Å². The quantitative estimate of drug-likeness (QED) is 0.669. The third kappa shape index (κ3) is 4.80. The highest BCUT2D eigenvalue weighted by Gasteiger charge is 2.39. The van der Waals surface area contributed by atoms with Crippen molar-refractivity contribution in [2.75, 3.05) is 35.0 Å². The van der Waals surface area contributed by atoms with Crippen LogP contribution in [0, 0.1) is 11.8 Å². The molecule has 0 bridgehead atoms. The van der Waals surface area contributed by atoms with E-state index in [1.165, 1.54) is 21.3 Å². The number of piperidine rings is 1. The summed E-state index contributed by atoms with van der Waals surface area (Å²) < 4.78 is 21.4. The fourth-order valence-corrected chi connectivity index (χ4v) is 4.56. The number of carbonyl (C=O) groups is 2. The molecule has 1 aliphatic carbocycles. The summed E-state index contributed by atoms with van der Waals surface area (Å²) in [5.74, 6) is 1.53. The molecule has 2 fully saturated rings. The molecule has 1 aliphatic heterocycles. The van der Waals surface area contributed by atoms with Gasteiger partial charge in [0, 0.05) is 31.2 Å². The Morgan fingerprint density at radius 3 is 2.37 bits per heavy atom. The number of rotatable bonds is 8. The van der Waals surface area contributed by atoms with Crippen LogP contribution >= 0.6 is 0 Å². The van der Waals surface area contributed by atoms with E-state index < -0.39 is 0 Å². The molecule has 4 atom stereocenters. The van der Waals surface area contributed by atoms with Crippen molar-refractivity contribution in [2.45, 2.75) is 44.2 Å². The van der Waals surface area contributed by atoms with Crippen molar-refractivity contribution in [3.8, 4) is 17.2 Å². The maximum atomic E-state index is 12.6. The van der Waals surface area contributed by atoms with Gasteiger partial charge in [-0.05, 0) is 50.2 Å². The van der Waals surface area contributed by atoms with E-state index >= 15 is 0 Å². The van der Waals surface area contributed by atoms with E-state index in [9.17, 15) is 9.59 Å². The van der Waals surface area contributed by atoms with Gasteiger partial charge < -0.3 is 29.6 Å². The monoisotopic (exact) mass is 420 g/mol. The summed E-state index contributed by atoms with van der Waals surface area (Å²) in [6.45, 7) is 0.422. The Morgan fingerprint density at radius 1 is 1.07 bits per heavy atom. The van der Waals surface area contributed by atoms with Crippen molar-refractivity contribution in [1.82, 2.24) is 10.6 Å². The summed E-state index contributed by atoms with van der Waals surface area (Å²) in [5, 5.41) is 6.07. The van der Waals surface area contributed by atoms with Crippen molar-refractivity contribution < 1.29 is 28.5 Å². The van der Waals surface area contributed by atoms with E-state index in [1.54, 1.807) is 19.2 Å². The van der Waals surface area contributed by atoms with Crippen LogP contribution in [0.15, 0.2) is 12.1 Å². The van der Waals surface area contributed by atoms with Gasteiger partial charge in [0.15, 0.2) is 11.5 Å². The smallest absolute Gasteiger partial charge is 0.251 e. The Labute approximate surface area is 177 Å². The lowest BCUT2D eigenvalue weighted by molar-refractivity contribution is -0.131. The molecule has 4 unspecified atom stereocenters. The molecule has 1 saturated heterocycles. The predicted molar refractivity (Wildman–Crippen MR) is 111 cm³/mol. The molecule has 166 valence electrons. The summed E-state index contributed by atoms with van der Waals surface area (Å²) in [6.07, 6.45) is 4.71. The summed E-state index contributed by atoms with van der Waals surface area (Å²) in [6, 6.07) is 3.44. The van der Waals surface area contributed by atoms with Gasteiger partial charge >= 0.3 is 0 Å². The minimum absolute atomic E-state index is 0.0782. The summed E-state index contributed by atoms with van der Waals surface area (Å²) in [5.41, 5.74) is 0.413. The van der Waals surface area contributed by atoms with Crippen molar-refractivity contribution >= 4 is 11.8 Å². The third-order valence-corrected chi connectivity index (χ3v) is 6.27. The van der Waals surface area contributed by atoms with Crippen molar-refractivity contribution in [1.29, 1.82) is 0 Å². The largest absolute Gasteiger partial charge is 0.493 e. The molecule has 2 aliphatic rings. The lowest BCUT2D eigenvalue weighted by Gasteiger charge is -2.41. The van der Waals surface area contributed by atoms with Gasteiger partial charge in [0.1, 0.15) is 0 Å². The van der Waals surface area contributed by atoms with Crippen molar-refractivity contribution in [2.24, 2.45) is 11.8 Å². The van der Waals surface area contributed by atoms with Crippen LogP contribution < -0.4 is 24.8 Å². The molecule has 8 heteroatoms. The standard InChI is InChI=1S/C22H32N2O6/c1-27-16-6-5-13-9-14(22(26)24-17(13)12-16)7-8-23-21(25)15-10-18(28-2)20(30-4)19(11-15)29-3/h10-11,13-14,16-17H,5-9,12H2,1-4H3,(H,23,25)(H,24,26). The molecule has 2 amide bonds. The molecular formula is C22H32N2O6. The third-order valence-electron chi connectivity index (χ3n) is 6.27. The Hall–Kier alpha value is -2.48. The van der Waals surface area contributed by atoms with Gasteiger partial charge in [-0.1, -0.05) is 0 Å². The van der Waals surface area contributed by atoms with Gasteiger partial charge in [0.2, 0.25) is 11.7 Å². The maximum Gasteiger partial charge on any atom is 0.251 e. The second kappa shape index (κ2) is 10.0. The highest BCUT2D eigenvalue weighted by Crippen LogP contribution is 2.38. The second-order valence-corrected chi connectivity index (χ2v) is 7.94. The molecule has 0 radical (unpaired) electrons. The molecule has 3 rings (SSSR count). The average Bonchev–Trinajstić information content (AvgIpc) is 2.77. The number of ether oxygens (including phenoxy) is 4. The first-order valence-electron chi connectivity index (χ1n) is 10.4. The number of fused-ring (bicyclic) bond motifs is 1. The van der Waals surface area contributed by atoms with Gasteiger partial charge in [-0.3, -0.25) is 9.59 Å². The zero-order chi connectivity index (χ0) is 21.7. The van der Waals surface area contributed by atoms with Crippen LogP contribution in [0.4, 0.5) is 0 Å². The van der Waals surface area contributed by atoms with E-state index in [0.29, 0.717) is 41.7 Å². The highest BCUT2D eigenvalue weighted by atomic mass is 16.5. The first-order chi connectivity index (χ1) is 14.5. The summed E-state index contributed by atoms with van der Waals surface area (Å²) in [7, 11) is 6.26. The van der Waals surface area contributed by atoms with Crippen LogP contribution in [0.5, 0.6) is 17.2 Å². The molecule has 1 heterocycles. The van der Waals surface area contributed by atoms with Crippen molar-refractivity contribution in [3.05, 3.63) is 17.7 Å². The Bertz CT molecular complexity index is 743. The van der Waals surface area contributed by atoms with Crippen LogP contribution in [0.25, 0.3) is 0 Å². The maximum absolute atomic E-state index is 12.6. The minimum atomic E-state index is -0.246. The Morgan fingerprint density at radius 2 is 1.77 bits per heavy atom. The summed E-state index contributed by atoms with van der Waals surface area (Å²) in [4.78, 5) is 25.1. The van der Waals surface area contributed by atoms with Crippen LogP contribution in [0.3, 0.4) is 0 Å². The van der Waals surface area contributed by atoms with E-state index in [0.717, 1.165) is 25.7 Å². The average molecular weight is 421 g/mol. The number of nitrogens with one attached hydrogen (secondary N) is 2. The normalized spacial score (nSPS) is 25.7. The number of hydrogen-bond acceptors (Lipinski definition) is 6. The second-order valence-electron chi connectivity index (χ2n) is 7.94. The number of carbonyl (C=O) groups excluding carboxylic acids is 2. The summed E-state index contributed by atoms with van der Waals surface area (Å²) >= 11 is 0. The van der Waals surface area contributed by atoms with E-state index in [1.807, 2.05) is 0 Å². The predicted octanol–water partition coefficient (Wildman–Crippen LogP) is 2.15. The van der Waals surface area contributed by atoms with E-state index in [4.69, 9.17) is 18.9 Å². The fourth-order valence-electron chi connectivity index (χ4n) is 4.56. The molecule has 1 aromatic carbocycles. The number of amides is 2. The van der Waals surface area contributed by atoms with E-state index in [2.05, 4.69) is 10.6 Å². The number of hydrogen-bond donors (Lipinski definition) is 2. The Kier molecular flexibility index (Phi) is 7.42. The van der Waals surface area contributed by atoms with Gasteiger partial charge in [-0.15, -0.1) is 0 Å². The van der Waals surface area contributed by atoms with Crippen LogP contribution in [0.1, 0.15) is 42.5 Å². The van der Waals surface area contributed by atoms with Gasteiger partial charge in [0.05, 0.1) is 27.4 Å². The molecule has 30 heavy (non-hydrogen) atoms. The van der Waals surface area contributed by atoms with Crippen molar-refractivity contribution in [3.63, 3.8) is 0 Å². The zero-order valence-electron chi connectivity index (χ0n) is 18.2. The van der Waals surface area contributed by atoms with Crippen LogP contribution in [0.2, 0.25) is 0 Å². The first kappa shape index (κ1) is 22.2. The topological polar surface area (TPSA) is 95.1 Å². The molecule has 1 saturated carbocycles. The number of methoxy groups -OCH3 is 4. The Balaban J connectivity index is 1.55. The molecule has 8 nitrogen and oxygen atoms in total. The molecule has 0 aromatic heterocycles.